The van der Waals surface area contributed by atoms with E-state index < -0.39 is 5.97 Å². The van der Waals surface area contributed by atoms with Gasteiger partial charge in [-0.05, 0) is 33.3 Å². The number of carbonyl (C=O) groups excluding carboxylic acids is 1. The smallest absolute Gasteiger partial charge is 0.360 e. The minimum absolute atomic E-state index is 0.139. The molecule has 0 saturated carbocycles. The number of nitrogens with zero attached hydrogens (tertiary/aromatic N) is 3. The average molecular weight is 287 g/mol. The molecule has 0 aliphatic heterocycles. The zero-order valence-corrected chi connectivity index (χ0v) is 13.0. The molecule has 0 aliphatic rings. The Morgan fingerprint density at radius 3 is 2.76 bits per heavy atom. The Labute approximate surface area is 124 Å². The molecule has 0 radical (unpaired) electrons. The summed E-state index contributed by atoms with van der Waals surface area (Å²) in [5, 5.41) is 8.12. The van der Waals surface area contributed by atoms with Crippen molar-refractivity contribution in [2.24, 2.45) is 0 Å². The van der Waals surface area contributed by atoms with Crippen LogP contribution in [0.1, 0.15) is 54.1 Å². The number of benzene rings is 1. The Bertz CT molecular complexity index is 632. The van der Waals surface area contributed by atoms with Crippen LogP contribution in [-0.2, 0) is 11.2 Å². The Hall–Kier alpha value is -2.17. The highest BCUT2D eigenvalue weighted by Crippen LogP contribution is 2.18. The van der Waals surface area contributed by atoms with Crippen molar-refractivity contribution in [3.8, 4) is 0 Å². The number of aromatic nitrogens is 3. The van der Waals surface area contributed by atoms with Gasteiger partial charge in [0, 0.05) is 12.5 Å². The van der Waals surface area contributed by atoms with E-state index in [-0.39, 0.29) is 6.04 Å². The molecule has 0 spiro atoms. The molecule has 112 valence electrons. The summed E-state index contributed by atoms with van der Waals surface area (Å²) in [7, 11) is 0. The standard InChI is InChI=1S/C16H21N3O2/c1-5-21-16(20)15-14(19(11(2)3)18-17-15)10-13-8-6-7-12(4)9-13/h6-9,11H,5,10H2,1-4H3. The van der Waals surface area contributed by atoms with Crippen molar-refractivity contribution in [2.45, 2.75) is 40.2 Å². The van der Waals surface area contributed by atoms with Gasteiger partial charge in [-0.15, -0.1) is 5.10 Å². The molecule has 2 aromatic rings. The number of hydrogen-bond donors (Lipinski definition) is 0. The number of hydrogen-bond acceptors (Lipinski definition) is 4. The molecule has 0 fully saturated rings. The number of carbonyl (C=O) groups is 1. The Morgan fingerprint density at radius 1 is 1.38 bits per heavy atom. The first kappa shape index (κ1) is 15.2. The first-order valence-electron chi connectivity index (χ1n) is 7.19. The highest BCUT2D eigenvalue weighted by Gasteiger charge is 2.22. The lowest BCUT2D eigenvalue weighted by Crippen LogP contribution is -2.13. The largest absolute Gasteiger partial charge is 0.461 e. The molecule has 5 heteroatoms. The zero-order valence-electron chi connectivity index (χ0n) is 13.0. The minimum atomic E-state index is -0.410. The number of rotatable bonds is 5. The van der Waals surface area contributed by atoms with Crippen LogP contribution in [0.4, 0.5) is 0 Å². The van der Waals surface area contributed by atoms with Gasteiger partial charge in [0.2, 0.25) is 0 Å². The van der Waals surface area contributed by atoms with Crippen LogP contribution in [0.15, 0.2) is 24.3 Å². The molecule has 0 atom stereocenters. The van der Waals surface area contributed by atoms with Gasteiger partial charge in [-0.2, -0.15) is 0 Å². The van der Waals surface area contributed by atoms with Crippen LogP contribution in [0, 0.1) is 6.92 Å². The SMILES string of the molecule is CCOC(=O)c1nnn(C(C)C)c1Cc1cccc(C)c1. The van der Waals surface area contributed by atoms with Gasteiger partial charge in [-0.25, -0.2) is 9.48 Å². The summed E-state index contributed by atoms with van der Waals surface area (Å²) in [5.74, 6) is -0.410. The monoisotopic (exact) mass is 287 g/mol. The van der Waals surface area contributed by atoms with Crippen molar-refractivity contribution in [3.63, 3.8) is 0 Å². The average Bonchev–Trinajstić information content (AvgIpc) is 2.83. The van der Waals surface area contributed by atoms with Crippen LogP contribution in [0.2, 0.25) is 0 Å². The van der Waals surface area contributed by atoms with E-state index in [1.807, 2.05) is 39.0 Å². The Balaban J connectivity index is 2.39. The maximum atomic E-state index is 12.0. The van der Waals surface area contributed by atoms with Gasteiger partial charge >= 0.3 is 5.97 Å². The van der Waals surface area contributed by atoms with Gasteiger partial charge in [0.05, 0.1) is 12.3 Å². The maximum absolute atomic E-state index is 12.0. The molecule has 1 aromatic heterocycles. The van der Waals surface area contributed by atoms with Crippen LogP contribution < -0.4 is 0 Å². The maximum Gasteiger partial charge on any atom is 0.360 e. The molecule has 5 nitrogen and oxygen atoms in total. The summed E-state index contributed by atoms with van der Waals surface area (Å²) in [6.07, 6.45) is 0.612. The quantitative estimate of drug-likeness (QED) is 0.793. The molecule has 1 heterocycles. The van der Waals surface area contributed by atoms with Crippen LogP contribution in [0.5, 0.6) is 0 Å². The Kier molecular flexibility index (Phi) is 4.73. The number of aryl methyl sites for hydroxylation is 1. The summed E-state index contributed by atoms with van der Waals surface area (Å²) in [4.78, 5) is 12.0. The molecule has 0 unspecified atom stereocenters. The number of esters is 1. The van der Waals surface area contributed by atoms with Gasteiger partial charge in [-0.1, -0.05) is 35.0 Å². The van der Waals surface area contributed by atoms with E-state index in [2.05, 4.69) is 16.4 Å². The van der Waals surface area contributed by atoms with Crippen LogP contribution in [0.3, 0.4) is 0 Å². The minimum Gasteiger partial charge on any atom is -0.461 e. The lowest BCUT2D eigenvalue weighted by atomic mass is 10.1. The summed E-state index contributed by atoms with van der Waals surface area (Å²) in [6.45, 7) is 8.20. The van der Waals surface area contributed by atoms with Crippen LogP contribution in [-0.4, -0.2) is 27.6 Å². The predicted molar refractivity (Wildman–Crippen MR) is 80.3 cm³/mol. The molecule has 0 N–H and O–H groups in total. The van der Waals surface area contributed by atoms with E-state index in [4.69, 9.17) is 4.74 Å². The van der Waals surface area contributed by atoms with E-state index in [0.717, 1.165) is 11.3 Å². The van der Waals surface area contributed by atoms with Crippen LogP contribution >= 0.6 is 0 Å². The summed E-state index contributed by atoms with van der Waals surface area (Å²) >= 11 is 0. The fourth-order valence-electron chi connectivity index (χ4n) is 2.27. The van der Waals surface area contributed by atoms with E-state index in [9.17, 15) is 4.79 Å². The van der Waals surface area contributed by atoms with Gasteiger partial charge in [-0.3, -0.25) is 0 Å². The molecule has 0 aliphatic carbocycles. The second-order valence-corrected chi connectivity index (χ2v) is 5.31. The first-order chi connectivity index (χ1) is 10.0. The second-order valence-electron chi connectivity index (χ2n) is 5.31. The number of ether oxygens (including phenoxy) is 1. The molecule has 21 heavy (non-hydrogen) atoms. The molecule has 1 aromatic carbocycles. The third-order valence-electron chi connectivity index (χ3n) is 3.20. The van der Waals surface area contributed by atoms with Crippen molar-refractivity contribution in [2.75, 3.05) is 6.61 Å². The highest BCUT2D eigenvalue weighted by molar-refractivity contribution is 5.88. The van der Waals surface area contributed by atoms with Gasteiger partial charge in [0.25, 0.3) is 0 Å². The molecule has 0 saturated heterocycles. The lowest BCUT2D eigenvalue weighted by Gasteiger charge is -2.11. The first-order valence-corrected chi connectivity index (χ1v) is 7.19. The predicted octanol–water partition coefficient (Wildman–Crippen LogP) is 2.93. The fraction of sp³-hybridized carbons (Fsp3) is 0.438. The topological polar surface area (TPSA) is 57.0 Å². The third kappa shape index (κ3) is 3.48. The zero-order chi connectivity index (χ0) is 15.4. The highest BCUT2D eigenvalue weighted by atomic mass is 16.5. The molecule has 0 bridgehead atoms. The molecular weight excluding hydrogens is 266 g/mol. The molecular formula is C16H21N3O2. The van der Waals surface area contributed by atoms with Gasteiger partial charge < -0.3 is 4.74 Å². The molecule has 0 amide bonds. The Morgan fingerprint density at radius 2 is 2.14 bits per heavy atom. The van der Waals surface area contributed by atoms with E-state index in [0.29, 0.717) is 18.7 Å². The van der Waals surface area contributed by atoms with E-state index in [1.54, 1.807) is 11.6 Å². The summed E-state index contributed by atoms with van der Waals surface area (Å²) in [5.41, 5.74) is 3.43. The van der Waals surface area contributed by atoms with Crippen molar-refractivity contribution in [1.29, 1.82) is 0 Å². The second kappa shape index (κ2) is 6.52. The van der Waals surface area contributed by atoms with Gasteiger partial charge in [0.1, 0.15) is 0 Å². The van der Waals surface area contributed by atoms with Crippen molar-refractivity contribution in [3.05, 3.63) is 46.8 Å². The van der Waals surface area contributed by atoms with E-state index >= 15 is 0 Å². The van der Waals surface area contributed by atoms with Crippen molar-refractivity contribution < 1.29 is 9.53 Å². The molecule has 2 rings (SSSR count). The van der Waals surface area contributed by atoms with E-state index in [1.165, 1.54) is 5.56 Å². The van der Waals surface area contributed by atoms with Crippen molar-refractivity contribution in [1.82, 2.24) is 15.0 Å². The summed E-state index contributed by atoms with van der Waals surface area (Å²) < 4.78 is 6.85. The summed E-state index contributed by atoms with van der Waals surface area (Å²) in [6, 6.07) is 8.35. The van der Waals surface area contributed by atoms with Gasteiger partial charge in [0.15, 0.2) is 5.69 Å². The fourth-order valence-corrected chi connectivity index (χ4v) is 2.27. The van der Waals surface area contributed by atoms with Crippen molar-refractivity contribution >= 4 is 5.97 Å². The van der Waals surface area contributed by atoms with Crippen LogP contribution in [0.25, 0.3) is 0 Å². The lowest BCUT2D eigenvalue weighted by molar-refractivity contribution is 0.0518. The third-order valence-corrected chi connectivity index (χ3v) is 3.20. The normalized spacial score (nSPS) is 10.9.